The number of benzene rings is 2. The third kappa shape index (κ3) is 6.94. The Hall–Kier alpha value is -2.24. The van der Waals surface area contributed by atoms with Gasteiger partial charge in [0.1, 0.15) is 11.5 Å². The van der Waals surface area contributed by atoms with Crippen LogP contribution in [0.1, 0.15) is 25.3 Å². The summed E-state index contributed by atoms with van der Waals surface area (Å²) in [6.45, 7) is 3.90. The number of rotatable bonds is 11. The van der Waals surface area contributed by atoms with Gasteiger partial charge in [0.25, 0.3) is 0 Å². The van der Waals surface area contributed by atoms with E-state index in [1.165, 1.54) is 0 Å². The lowest BCUT2D eigenvalue weighted by Gasteiger charge is -2.14. The minimum absolute atomic E-state index is 0.422. The predicted molar refractivity (Wildman–Crippen MR) is 102 cm³/mol. The second-order valence-corrected chi connectivity index (χ2v) is 6.27. The highest BCUT2D eigenvalue weighted by molar-refractivity contribution is 6.30. The van der Waals surface area contributed by atoms with Crippen LogP contribution in [0, 0.1) is 0 Å². The van der Waals surface area contributed by atoms with E-state index in [1.807, 2.05) is 30.3 Å². The topological polar surface area (TPSA) is 67.8 Å². The van der Waals surface area contributed by atoms with Crippen LogP contribution in [-0.2, 0) is 11.3 Å². The Kier molecular flexibility index (Phi) is 8.25. The number of hydrogen-bond donors (Lipinski definition) is 2. The summed E-state index contributed by atoms with van der Waals surface area (Å²) in [5, 5.41) is 13.1. The zero-order valence-corrected chi connectivity index (χ0v) is 15.5. The van der Waals surface area contributed by atoms with E-state index in [-0.39, 0.29) is 0 Å². The van der Waals surface area contributed by atoms with E-state index in [0.29, 0.717) is 30.3 Å². The first-order valence-electron chi connectivity index (χ1n) is 8.66. The van der Waals surface area contributed by atoms with Crippen LogP contribution in [0.4, 0.5) is 0 Å². The normalized spacial score (nSPS) is 11.8. The van der Waals surface area contributed by atoms with Crippen LogP contribution in [0.3, 0.4) is 0 Å². The highest BCUT2D eigenvalue weighted by Crippen LogP contribution is 2.17. The molecule has 1 unspecified atom stereocenters. The van der Waals surface area contributed by atoms with Crippen LogP contribution in [0.15, 0.2) is 48.5 Å². The predicted octanol–water partition coefficient (Wildman–Crippen LogP) is 4.14. The van der Waals surface area contributed by atoms with E-state index in [9.17, 15) is 4.79 Å². The molecule has 0 saturated carbocycles. The summed E-state index contributed by atoms with van der Waals surface area (Å²) < 4.78 is 11.1. The van der Waals surface area contributed by atoms with Crippen LogP contribution in [0.25, 0.3) is 0 Å². The van der Waals surface area contributed by atoms with Gasteiger partial charge in [-0.2, -0.15) is 0 Å². The molecule has 0 bridgehead atoms. The molecule has 6 heteroatoms. The van der Waals surface area contributed by atoms with Crippen LogP contribution in [0.2, 0.25) is 5.02 Å². The third-order valence-electron chi connectivity index (χ3n) is 3.73. The summed E-state index contributed by atoms with van der Waals surface area (Å²) in [6.07, 6.45) is 0.476. The van der Waals surface area contributed by atoms with Crippen LogP contribution < -0.4 is 14.8 Å². The van der Waals surface area contributed by atoms with Gasteiger partial charge in [-0.05, 0) is 61.3 Å². The molecule has 5 nitrogen and oxygen atoms in total. The van der Waals surface area contributed by atoms with Gasteiger partial charge in [0.2, 0.25) is 0 Å². The molecule has 0 aliphatic heterocycles. The Morgan fingerprint density at radius 2 is 1.96 bits per heavy atom. The molecule has 2 rings (SSSR count). The minimum Gasteiger partial charge on any atom is -0.494 e. The van der Waals surface area contributed by atoms with Crippen molar-refractivity contribution in [2.45, 2.75) is 32.4 Å². The van der Waals surface area contributed by atoms with Crippen molar-refractivity contribution in [1.82, 2.24) is 5.32 Å². The molecular formula is C20H24ClNO4. The Labute approximate surface area is 158 Å². The van der Waals surface area contributed by atoms with Gasteiger partial charge in [-0.15, -0.1) is 0 Å². The maximum absolute atomic E-state index is 11.1. The van der Waals surface area contributed by atoms with E-state index in [1.54, 1.807) is 25.1 Å². The van der Waals surface area contributed by atoms with Crippen molar-refractivity contribution in [1.29, 1.82) is 0 Å². The Morgan fingerprint density at radius 1 is 1.19 bits per heavy atom. The van der Waals surface area contributed by atoms with Crippen molar-refractivity contribution >= 4 is 17.6 Å². The monoisotopic (exact) mass is 377 g/mol. The molecule has 0 amide bonds. The molecule has 0 aliphatic carbocycles. The maximum Gasteiger partial charge on any atom is 0.344 e. The maximum atomic E-state index is 11.1. The van der Waals surface area contributed by atoms with Crippen molar-refractivity contribution in [3.05, 3.63) is 59.1 Å². The largest absolute Gasteiger partial charge is 0.494 e. The molecule has 0 saturated heterocycles. The zero-order valence-electron chi connectivity index (χ0n) is 14.8. The van der Waals surface area contributed by atoms with Gasteiger partial charge in [0, 0.05) is 11.6 Å². The Morgan fingerprint density at radius 3 is 2.65 bits per heavy atom. The van der Waals surface area contributed by atoms with Crippen LogP contribution in [-0.4, -0.2) is 30.3 Å². The van der Waals surface area contributed by atoms with Gasteiger partial charge in [-0.25, -0.2) is 4.79 Å². The van der Waals surface area contributed by atoms with Gasteiger partial charge >= 0.3 is 5.97 Å². The number of carboxylic acids is 1. The summed E-state index contributed by atoms with van der Waals surface area (Å²) >= 11 is 5.83. The molecule has 0 aromatic heterocycles. The van der Waals surface area contributed by atoms with E-state index in [4.69, 9.17) is 26.2 Å². The van der Waals surface area contributed by atoms with Gasteiger partial charge in [-0.1, -0.05) is 30.7 Å². The number of carboxylic acid groups (broad SMARTS) is 1. The van der Waals surface area contributed by atoms with Gasteiger partial charge in [0.15, 0.2) is 6.10 Å². The Balaban J connectivity index is 1.68. The van der Waals surface area contributed by atoms with Crippen LogP contribution in [0.5, 0.6) is 11.5 Å². The lowest BCUT2D eigenvalue weighted by molar-refractivity contribution is -0.145. The summed E-state index contributed by atoms with van der Waals surface area (Å²) in [6, 6.07) is 14.8. The van der Waals surface area contributed by atoms with Crippen molar-refractivity contribution < 1.29 is 19.4 Å². The number of hydrogen-bond acceptors (Lipinski definition) is 4. The van der Waals surface area contributed by atoms with Crippen molar-refractivity contribution in [3.8, 4) is 11.5 Å². The highest BCUT2D eigenvalue weighted by Gasteiger charge is 2.16. The average Bonchev–Trinajstić information content (AvgIpc) is 2.64. The van der Waals surface area contributed by atoms with E-state index >= 15 is 0 Å². The lowest BCUT2D eigenvalue weighted by Crippen LogP contribution is -2.26. The van der Waals surface area contributed by atoms with Crippen molar-refractivity contribution in [3.63, 3.8) is 0 Å². The van der Waals surface area contributed by atoms with Gasteiger partial charge in [-0.3, -0.25) is 0 Å². The molecule has 0 radical (unpaired) electrons. The third-order valence-corrected chi connectivity index (χ3v) is 3.98. The van der Waals surface area contributed by atoms with Crippen LogP contribution >= 0.6 is 11.6 Å². The molecule has 2 N–H and O–H groups in total. The average molecular weight is 378 g/mol. The Bertz CT molecular complexity index is 690. The fourth-order valence-electron chi connectivity index (χ4n) is 2.35. The molecule has 0 heterocycles. The molecule has 0 aliphatic rings. The number of ether oxygens (including phenoxy) is 2. The summed E-state index contributed by atoms with van der Waals surface area (Å²) in [5.74, 6) is 0.435. The number of carbonyl (C=O) groups is 1. The van der Waals surface area contributed by atoms with Crippen molar-refractivity contribution in [2.24, 2.45) is 0 Å². The molecule has 0 spiro atoms. The van der Waals surface area contributed by atoms with E-state index < -0.39 is 12.1 Å². The molecule has 26 heavy (non-hydrogen) atoms. The second kappa shape index (κ2) is 10.7. The number of nitrogens with one attached hydrogen (secondary N) is 1. The SMILES string of the molecule is CCC(Oc1cccc(CNCCCOc2ccc(Cl)cc2)c1)C(=O)O. The van der Waals surface area contributed by atoms with E-state index in [2.05, 4.69) is 5.32 Å². The quantitative estimate of drug-likeness (QED) is 0.576. The number of aliphatic carboxylic acids is 1. The first-order valence-corrected chi connectivity index (χ1v) is 9.03. The first-order chi connectivity index (χ1) is 12.6. The molecule has 1 atom stereocenters. The lowest BCUT2D eigenvalue weighted by atomic mass is 10.2. The standard InChI is InChI=1S/C20H24ClNO4/c1-2-19(20(23)24)26-18-6-3-5-15(13-18)14-22-11-4-12-25-17-9-7-16(21)8-10-17/h3,5-10,13,19,22H,2,4,11-12,14H2,1H3,(H,23,24). The molecule has 0 fully saturated rings. The minimum atomic E-state index is -0.947. The molecular weight excluding hydrogens is 354 g/mol. The fourth-order valence-corrected chi connectivity index (χ4v) is 2.48. The second-order valence-electron chi connectivity index (χ2n) is 5.83. The van der Waals surface area contributed by atoms with Crippen molar-refractivity contribution in [2.75, 3.05) is 13.2 Å². The number of halogens is 1. The zero-order chi connectivity index (χ0) is 18.8. The summed E-state index contributed by atoms with van der Waals surface area (Å²) in [5.41, 5.74) is 1.04. The fraction of sp³-hybridized carbons (Fsp3) is 0.350. The van der Waals surface area contributed by atoms with Gasteiger partial charge < -0.3 is 19.9 Å². The molecule has 2 aromatic rings. The smallest absolute Gasteiger partial charge is 0.344 e. The first kappa shape index (κ1) is 20.1. The summed E-state index contributed by atoms with van der Waals surface area (Å²) in [4.78, 5) is 11.1. The molecule has 2 aromatic carbocycles. The molecule has 140 valence electrons. The highest BCUT2D eigenvalue weighted by atomic mass is 35.5. The van der Waals surface area contributed by atoms with E-state index in [0.717, 1.165) is 24.3 Å². The summed E-state index contributed by atoms with van der Waals surface area (Å²) in [7, 11) is 0. The van der Waals surface area contributed by atoms with Gasteiger partial charge in [0.05, 0.1) is 6.61 Å².